The van der Waals surface area contributed by atoms with Crippen molar-refractivity contribution in [2.24, 2.45) is 0 Å². The summed E-state index contributed by atoms with van der Waals surface area (Å²) in [6.07, 6.45) is 0.938. The fraction of sp³-hybridized carbons (Fsp3) is 0.360. The molecule has 0 aliphatic carbocycles. The number of ether oxygens (including phenoxy) is 1. The number of rotatable bonds is 4. The van der Waals surface area contributed by atoms with Gasteiger partial charge in [0.05, 0.1) is 17.2 Å². The molecular weight excluding hydrogens is 440 g/mol. The number of H-pyrrole nitrogens is 1. The van der Waals surface area contributed by atoms with Crippen LogP contribution >= 0.6 is 15.9 Å². The molecule has 0 amide bonds. The van der Waals surface area contributed by atoms with E-state index in [1.165, 1.54) is 5.56 Å². The van der Waals surface area contributed by atoms with Gasteiger partial charge in [-0.2, -0.15) is 5.26 Å². The molecule has 3 aromatic rings. The van der Waals surface area contributed by atoms with Crippen LogP contribution < -0.4 is 0 Å². The van der Waals surface area contributed by atoms with Gasteiger partial charge in [-0.3, -0.25) is 0 Å². The van der Waals surface area contributed by atoms with E-state index in [2.05, 4.69) is 66.0 Å². The maximum absolute atomic E-state index is 13.2. The Kier molecular flexibility index (Phi) is 5.84. The molecule has 1 heterocycles. The van der Waals surface area contributed by atoms with Gasteiger partial charge < -0.3 is 9.72 Å². The van der Waals surface area contributed by atoms with Crippen LogP contribution in [0, 0.1) is 11.3 Å². The predicted molar refractivity (Wildman–Crippen MR) is 124 cm³/mol. The van der Waals surface area contributed by atoms with Crippen LogP contribution in [0.4, 0.5) is 0 Å². The average Bonchev–Trinajstić information content (AvgIpc) is 3.06. The zero-order valence-electron chi connectivity index (χ0n) is 18.3. The molecule has 0 unspecified atom stereocenters. The van der Waals surface area contributed by atoms with Gasteiger partial charge in [-0.25, -0.2) is 4.79 Å². The normalized spacial score (nSPS) is 12.1. The van der Waals surface area contributed by atoms with E-state index in [0.717, 1.165) is 33.1 Å². The predicted octanol–water partition coefficient (Wildman–Crippen LogP) is 6.65. The van der Waals surface area contributed by atoms with E-state index in [1.54, 1.807) is 12.1 Å². The molecule has 0 fully saturated rings. The Hall–Kier alpha value is -2.58. The number of nitrogens with zero attached hydrogens (tertiary/aromatic N) is 1. The minimum Gasteiger partial charge on any atom is -0.456 e. The zero-order valence-corrected chi connectivity index (χ0v) is 19.9. The van der Waals surface area contributed by atoms with Crippen molar-refractivity contribution in [3.8, 4) is 6.07 Å². The molecule has 1 aromatic heterocycles. The number of hydrogen-bond acceptors (Lipinski definition) is 3. The Bertz CT molecular complexity index is 1160. The van der Waals surface area contributed by atoms with E-state index < -0.39 is 11.0 Å². The van der Waals surface area contributed by atoms with Crippen molar-refractivity contribution >= 4 is 32.8 Å². The number of aromatic nitrogens is 1. The molecule has 0 aliphatic rings. The van der Waals surface area contributed by atoms with Crippen molar-refractivity contribution in [3.63, 3.8) is 0 Å². The zero-order chi connectivity index (χ0) is 22.3. The summed E-state index contributed by atoms with van der Waals surface area (Å²) in [5, 5.41) is 10.1. The fourth-order valence-corrected chi connectivity index (χ4v) is 4.30. The van der Waals surface area contributed by atoms with E-state index in [1.807, 2.05) is 26.8 Å². The van der Waals surface area contributed by atoms with Gasteiger partial charge >= 0.3 is 5.97 Å². The Labute approximate surface area is 186 Å². The van der Waals surface area contributed by atoms with Gasteiger partial charge in [-0.05, 0) is 56.5 Å². The maximum Gasteiger partial charge on any atom is 0.341 e. The highest BCUT2D eigenvalue weighted by Crippen LogP contribution is 2.39. The molecule has 0 aliphatic heterocycles. The van der Waals surface area contributed by atoms with Gasteiger partial charge in [0.25, 0.3) is 0 Å². The van der Waals surface area contributed by atoms with Gasteiger partial charge in [0.15, 0.2) is 0 Å². The third kappa shape index (κ3) is 4.15. The van der Waals surface area contributed by atoms with E-state index in [0.29, 0.717) is 11.1 Å². The summed E-state index contributed by atoms with van der Waals surface area (Å²) in [4.78, 5) is 16.7. The molecule has 0 atom stereocenters. The first-order valence-electron chi connectivity index (χ1n) is 10.1. The molecule has 0 radical (unpaired) electrons. The summed E-state index contributed by atoms with van der Waals surface area (Å²) in [6.45, 7) is 11.9. The average molecular weight is 467 g/mol. The van der Waals surface area contributed by atoms with E-state index >= 15 is 0 Å². The smallest absolute Gasteiger partial charge is 0.341 e. The van der Waals surface area contributed by atoms with E-state index in [-0.39, 0.29) is 5.97 Å². The van der Waals surface area contributed by atoms with Crippen molar-refractivity contribution in [3.05, 3.63) is 68.8 Å². The summed E-state index contributed by atoms with van der Waals surface area (Å²) in [5.41, 5.74) is 3.79. The van der Waals surface area contributed by atoms with Crippen LogP contribution in [-0.4, -0.2) is 16.6 Å². The van der Waals surface area contributed by atoms with Crippen LogP contribution in [0.2, 0.25) is 0 Å². The lowest BCUT2D eigenvalue weighted by Gasteiger charge is -2.27. The van der Waals surface area contributed by atoms with Crippen LogP contribution in [-0.2, 0) is 16.6 Å². The first kappa shape index (κ1) is 22.1. The Morgan fingerprint density at radius 1 is 1.13 bits per heavy atom. The third-order valence-corrected chi connectivity index (χ3v) is 6.05. The quantitative estimate of drug-likeness (QED) is 0.437. The number of nitriles is 1. The number of esters is 1. The minimum atomic E-state index is -0.611. The van der Waals surface area contributed by atoms with Crippen molar-refractivity contribution in [2.75, 3.05) is 0 Å². The summed E-state index contributed by atoms with van der Waals surface area (Å²) < 4.78 is 6.80. The first-order chi connectivity index (χ1) is 14.0. The summed E-state index contributed by atoms with van der Waals surface area (Å²) in [6, 6.07) is 13.8. The highest BCUT2D eigenvalue weighted by Gasteiger charge is 2.34. The number of carbonyl (C=O) groups is 1. The molecular formula is C25H27BrN2O2. The number of benzene rings is 2. The standard InChI is InChI=1S/C25H27BrN2O2/c1-7-16-9-10-17(13-19(16)26)25(5,6)22-21(23(29)30-24(2,3)4)18-11-8-15(14-27)12-20(18)28-22/h8-13,28H,7H2,1-6H3. The number of aryl methyl sites for hydroxylation is 1. The molecule has 156 valence electrons. The molecule has 0 saturated carbocycles. The number of carbonyl (C=O) groups excluding carboxylic acids is 1. The van der Waals surface area contributed by atoms with Crippen LogP contribution in [0.3, 0.4) is 0 Å². The molecule has 4 nitrogen and oxygen atoms in total. The molecule has 1 N–H and O–H groups in total. The second kappa shape index (κ2) is 7.92. The number of hydrogen-bond donors (Lipinski definition) is 1. The van der Waals surface area contributed by atoms with Gasteiger partial charge in [0.1, 0.15) is 5.60 Å². The number of nitrogens with one attached hydrogen (secondary N) is 1. The minimum absolute atomic E-state index is 0.370. The van der Waals surface area contributed by atoms with Gasteiger partial charge in [0.2, 0.25) is 0 Å². The largest absolute Gasteiger partial charge is 0.456 e. The van der Waals surface area contributed by atoms with Crippen LogP contribution in [0.15, 0.2) is 40.9 Å². The second-order valence-corrected chi connectivity index (χ2v) is 9.89. The third-order valence-electron chi connectivity index (χ3n) is 5.31. The van der Waals surface area contributed by atoms with Crippen molar-refractivity contribution < 1.29 is 9.53 Å². The van der Waals surface area contributed by atoms with Crippen molar-refractivity contribution in [1.82, 2.24) is 4.98 Å². The van der Waals surface area contributed by atoms with Crippen LogP contribution in [0.25, 0.3) is 10.9 Å². The van der Waals surface area contributed by atoms with Crippen LogP contribution in [0.1, 0.15) is 74.3 Å². The fourth-order valence-electron chi connectivity index (χ4n) is 3.64. The van der Waals surface area contributed by atoms with Crippen molar-refractivity contribution in [1.29, 1.82) is 5.26 Å². The summed E-state index contributed by atoms with van der Waals surface area (Å²) in [7, 11) is 0. The van der Waals surface area contributed by atoms with Crippen molar-refractivity contribution in [2.45, 2.75) is 59.0 Å². The molecule has 0 saturated heterocycles. The van der Waals surface area contributed by atoms with Gasteiger partial charge in [-0.1, -0.05) is 54.9 Å². The molecule has 2 aromatic carbocycles. The Morgan fingerprint density at radius 3 is 2.40 bits per heavy atom. The molecule has 3 rings (SSSR count). The molecule has 30 heavy (non-hydrogen) atoms. The first-order valence-corrected chi connectivity index (χ1v) is 10.9. The van der Waals surface area contributed by atoms with Gasteiger partial charge in [-0.15, -0.1) is 0 Å². The number of halogens is 1. The van der Waals surface area contributed by atoms with Crippen LogP contribution in [0.5, 0.6) is 0 Å². The Morgan fingerprint density at radius 2 is 1.83 bits per heavy atom. The Balaban J connectivity index is 2.25. The maximum atomic E-state index is 13.2. The molecule has 0 spiro atoms. The molecule has 0 bridgehead atoms. The summed E-state index contributed by atoms with van der Waals surface area (Å²) >= 11 is 3.68. The topological polar surface area (TPSA) is 65.9 Å². The second-order valence-electron chi connectivity index (χ2n) is 9.03. The highest BCUT2D eigenvalue weighted by molar-refractivity contribution is 9.10. The number of aromatic amines is 1. The lowest BCUT2D eigenvalue weighted by molar-refractivity contribution is 0.00696. The SMILES string of the molecule is CCc1ccc(C(C)(C)c2[nH]c3cc(C#N)ccc3c2C(=O)OC(C)(C)C)cc1Br. The lowest BCUT2D eigenvalue weighted by Crippen LogP contribution is -2.27. The highest BCUT2D eigenvalue weighted by atomic mass is 79.9. The summed E-state index contributed by atoms with van der Waals surface area (Å²) in [5.74, 6) is -0.370. The van der Waals surface area contributed by atoms with Gasteiger partial charge in [0, 0.05) is 26.5 Å². The monoisotopic (exact) mass is 466 g/mol. The van der Waals surface area contributed by atoms with E-state index in [9.17, 15) is 10.1 Å². The lowest BCUT2D eigenvalue weighted by atomic mass is 9.79. The van der Waals surface area contributed by atoms with E-state index in [4.69, 9.17) is 4.74 Å². The number of fused-ring (bicyclic) bond motifs is 1. The molecule has 5 heteroatoms.